The average molecular weight is 752 g/mol. The molecule has 10 aromatic carbocycles. The van der Waals surface area contributed by atoms with Crippen LogP contribution in [0.5, 0.6) is 0 Å². The SMILES string of the molecule is c1ccc(C2(c3ccccc3)c3ccccc3-c3ccc(N(c4ccc(-c5cccc6ccccc56)cc4)c4cc5ccccc5c5oc6ccccc6c45)cc32)cc1. The van der Waals surface area contributed by atoms with Gasteiger partial charge in [0.05, 0.1) is 16.5 Å². The predicted molar refractivity (Wildman–Crippen MR) is 246 cm³/mol. The summed E-state index contributed by atoms with van der Waals surface area (Å²) in [5.74, 6) is 0. The lowest BCUT2D eigenvalue weighted by molar-refractivity contribution is 0.672. The molecule has 11 aromatic rings. The monoisotopic (exact) mass is 751 g/mol. The normalized spacial score (nSPS) is 12.9. The molecule has 1 aromatic heterocycles. The van der Waals surface area contributed by atoms with Crippen LogP contribution >= 0.6 is 0 Å². The summed E-state index contributed by atoms with van der Waals surface area (Å²) in [5.41, 5.74) is 14.4. The highest BCUT2D eigenvalue weighted by Gasteiger charge is 2.46. The molecule has 0 bridgehead atoms. The zero-order valence-corrected chi connectivity index (χ0v) is 32.2. The summed E-state index contributed by atoms with van der Waals surface area (Å²) in [6.45, 7) is 0. The van der Waals surface area contributed by atoms with Gasteiger partial charge in [-0.05, 0) is 97.1 Å². The molecule has 0 N–H and O–H groups in total. The van der Waals surface area contributed by atoms with Crippen molar-refractivity contribution in [2.24, 2.45) is 0 Å². The van der Waals surface area contributed by atoms with Crippen LogP contribution in [0.25, 0.3) is 65.7 Å². The highest BCUT2D eigenvalue weighted by molar-refractivity contribution is 6.22. The summed E-state index contributed by atoms with van der Waals surface area (Å²) in [6.07, 6.45) is 0. The molecule has 0 aliphatic heterocycles. The lowest BCUT2D eigenvalue weighted by atomic mass is 9.67. The van der Waals surface area contributed by atoms with Gasteiger partial charge in [0, 0.05) is 22.1 Å². The van der Waals surface area contributed by atoms with Crippen LogP contribution in [0, 0.1) is 0 Å². The van der Waals surface area contributed by atoms with Crippen molar-refractivity contribution in [1.29, 1.82) is 0 Å². The number of para-hydroxylation sites is 1. The van der Waals surface area contributed by atoms with Crippen LogP contribution in [0.2, 0.25) is 0 Å². The molecule has 12 rings (SSSR count). The smallest absolute Gasteiger partial charge is 0.145 e. The van der Waals surface area contributed by atoms with E-state index in [9.17, 15) is 0 Å². The van der Waals surface area contributed by atoms with Gasteiger partial charge in [0.1, 0.15) is 11.2 Å². The maximum atomic E-state index is 6.78. The summed E-state index contributed by atoms with van der Waals surface area (Å²) in [6, 6.07) is 81.9. The number of benzene rings is 10. The Labute approximate surface area is 342 Å². The van der Waals surface area contributed by atoms with Crippen molar-refractivity contribution in [1.82, 2.24) is 0 Å². The van der Waals surface area contributed by atoms with E-state index >= 15 is 0 Å². The number of hydrogen-bond acceptors (Lipinski definition) is 2. The number of furan rings is 1. The largest absolute Gasteiger partial charge is 0.455 e. The van der Waals surface area contributed by atoms with Gasteiger partial charge in [-0.25, -0.2) is 0 Å². The zero-order valence-electron chi connectivity index (χ0n) is 32.2. The summed E-state index contributed by atoms with van der Waals surface area (Å²) in [4.78, 5) is 2.45. The maximum absolute atomic E-state index is 6.78. The molecule has 1 aliphatic carbocycles. The van der Waals surface area contributed by atoms with Gasteiger partial charge in [0.2, 0.25) is 0 Å². The summed E-state index contributed by atoms with van der Waals surface area (Å²) < 4.78 is 6.78. The molecule has 59 heavy (non-hydrogen) atoms. The van der Waals surface area contributed by atoms with E-state index in [0.29, 0.717) is 0 Å². The Balaban J connectivity index is 1.16. The summed E-state index contributed by atoms with van der Waals surface area (Å²) in [5, 5.41) is 6.90. The molecule has 276 valence electrons. The third kappa shape index (κ3) is 5.00. The van der Waals surface area contributed by atoms with Crippen molar-refractivity contribution < 1.29 is 4.42 Å². The minimum atomic E-state index is -0.532. The first-order valence-corrected chi connectivity index (χ1v) is 20.3. The van der Waals surface area contributed by atoms with E-state index in [-0.39, 0.29) is 0 Å². The van der Waals surface area contributed by atoms with E-state index in [0.717, 1.165) is 49.8 Å². The van der Waals surface area contributed by atoms with Gasteiger partial charge in [0.25, 0.3) is 0 Å². The molecular weight excluding hydrogens is 715 g/mol. The first-order chi connectivity index (χ1) is 29.3. The van der Waals surface area contributed by atoms with Gasteiger partial charge >= 0.3 is 0 Å². The number of fused-ring (bicyclic) bond motifs is 9. The lowest BCUT2D eigenvalue weighted by Crippen LogP contribution is -2.28. The van der Waals surface area contributed by atoms with Crippen LogP contribution < -0.4 is 4.90 Å². The molecule has 1 aliphatic rings. The van der Waals surface area contributed by atoms with Crippen molar-refractivity contribution in [3.05, 3.63) is 247 Å². The van der Waals surface area contributed by atoms with Crippen molar-refractivity contribution >= 4 is 60.5 Å². The molecule has 0 fully saturated rings. The van der Waals surface area contributed by atoms with E-state index in [1.165, 1.54) is 55.3 Å². The second-order valence-corrected chi connectivity index (χ2v) is 15.6. The second-order valence-electron chi connectivity index (χ2n) is 15.6. The fraction of sp³-hybridized carbons (Fsp3) is 0.0175. The Morgan fingerprint density at radius 2 is 0.949 bits per heavy atom. The number of nitrogens with zero attached hydrogens (tertiary/aromatic N) is 1. The third-order valence-corrected chi connectivity index (χ3v) is 12.5. The minimum absolute atomic E-state index is 0.532. The summed E-state index contributed by atoms with van der Waals surface area (Å²) in [7, 11) is 0. The highest BCUT2D eigenvalue weighted by Crippen LogP contribution is 2.57. The fourth-order valence-electron chi connectivity index (χ4n) is 9.98. The Morgan fingerprint density at radius 1 is 0.373 bits per heavy atom. The van der Waals surface area contributed by atoms with E-state index in [1.807, 2.05) is 0 Å². The Kier molecular flexibility index (Phi) is 7.48. The van der Waals surface area contributed by atoms with Gasteiger partial charge in [-0.2, -0.15) is 0 Å². The topological polar surface area (TPSA) is 16.4 Å². The fourth-order valence-corrected chi connectivity index (χ4v) is 9.98. The third-order valence-electron chi connectivity index (χ3n) is 12.5. The first kappa shape index (κ1) is 33.5. The van der Waals surface area contributed by atoms with E-state index in [2.05, 4.69) is 229 Å². The van der Waals surface area contributed by atoms with Crippen molar-refractivity contribution in [2.75, 3.05) is 4.90 Å². The van der Waals surface area contributed by atoms with Crippen LogP contribution in [0.3, 0.4) is 0 Å². The standard InChI is InChI=1S/C57H37NO/c1-3-19-41(20-4-1)57(42-21-5-2-6-22-42)51-28-13-11-25-48(51)49-35-34-44(37-52(49)57)58(43-32-30-39(31-33-43)46-27-15-18-38-16-7-9-23-45(38)46)53-36-40-17-8-10-24-47(40)56-55(53)50-26-12-14-29-54(50)59-56/h1-37H. The van der Waals surface area contributed by atoms with Crippen LogP contribution in [-0.4, -0.2) is 0 Å². The van der Waals surface area contributed by atoms with E-state index in [1.54, 1.807) is 0 Å². The van der Waals surface area contributed by atoms with Crippen LogP contribution in [0.4, 0.5) is 17.1 Å². The Hall–Kier alpha value is -7.68. The Morgan fingerprint density at radius 3 is 1.73 bits per heavy atom. The van der Waals surface area contributed by atoms with Crippen molar-refractivity contribution in [2.45, 2.75) is 5.41 Å². The first-order valence-electron chi connectivity index (χ1n) is 20.3. The molecule has 0 saturated carbocycles. The molecule has 0 atom stereocenters. The van der Waals surface area contributed by atoms with Crippen molar-refractivity contribution in [3.63, 3.8) is 0 Å². The molecule has 2 nitrogen and oxygen atoms in total. The number of rotatable bonds is 6. The molecule has 0 amide bonds. The predicted octanol–water partition coefficient (Wildman–Crippen LogP) is 15.4. The molecule has 0 saturated heterocycles. The molecule has 0 spiro atoms. The van der Waals surface area contributed by atoms with Gasteiger partial charge in [0.15, 0.2) is 0 Å². The Bertz CT molecular complexity index is 3340. The zero-order chi connectivity index (χ0) is 38.9. The highest BCUT2D eigenvalue weighted by atomic mass is 16.3. The lowest BCUT2D eigenvalue weighted by Gasteiger charge is -2.35. The van der Waals surface area contributed by atoms with Crippen molar-refractivity contribution in [3.8, 4) is 22.3 Å². The second kappa shape index (κ2) is 13.2. The van der Waals surface area contributed by atoms with E-state index in [4.69, 9.17) is 4.42 Å². The minimum Gasteiger partial charge on any atom is -0.455 e. The van der Waals surface area contributed by atoms with Gasteiger partial charge < -0.3 is 9.32 Å². The number of anilines is 3. The molecular formula is C57H37NO. The maximum Gasteiger partial charge on any atom is 0.145 e. The van der Waals surface area contributed by atoms with Gasteiger partial charge in [-0.3, -0.25) is 0 Å². The van der Waals surface area contributed by atoms with Crippen LogP contribution in [-0.2, 0) is 5.41 Å². The summed E-state index contributed by atoms with van der Waals surface area (Å²) >= 11 is 0. The quantitative estimate of drug-likeness (QED) is 0.168. The average Bonchev–Trinajstić information content (AvgIpc) is 3.85. The van der Waals surface area contributed by atoms with Crippen LogP contribution in [0.15, 0.2) is 229 Å². The van der Waals surface area contributed by atoms with Crippen LogP contribution in [0.1, 0.15) is 22.3 Å². The van der Waals surface area contributed by atoms with Gasteiger partial charge in [-0.15, -0.1) is 0 Å². The van der Waals surface area contributed by atoms with E-state index < -0.39 is 5.41 Å². The molecule has 1 heterocycles. The molecule has 0 radical (unpaired) electrons. The molecule has 0 unspecified atom stereocenters. The van der Waals surface area contributed by atoms with Gasteiger partial charge in [-0.1, -0.05) is 188 Å². The molecule has 2 heteroatoms. The number of hydrogen-bond donors (Lipinski definition) is 0.